The number of ether oxygens (including phenoxy) is 1. The molecule has 5 aromatic rings. The van der Waals surface area contributed by atoms with E-state index in [1.165, 1.54) is 34.6 Å². The summed E-state index contributed by atoms with van der Waals surface area (Å²) in [4.78, 5) is 31.4. The van der Waals surface area contributed by atoms with E-state index in [2.05, 4.69) is 42.5 Å². The van der Waals surface area contributed by atoms with Crippen LogP contribution >= 0.6 is 11.3 Å². The number of thiophene rings is 1. The molecule has 4 aromatic heterocycles. The molecule has 1 saturated heterocycles. The molecule has 0 atom stereocenters. The number of carbonyl (C=O) groups excluding carboxylic acids is 1. The van der Waals surface area contributed by atoms with Gasteiger partial charge in [0.15, 0.2) is 11.6 Å². The number of anilines is 1. The number of halogens is 1. The lowest BCUT2D eigenvalue weighted by Gasteiger charge is -2.34. The van der Waals surface area contributed by atoms with Crippen molar-refractivity contribution in [2.75, 3.05) is 31.5 Å². The summed E-state index contributed by atoms with van der Waals surface area (Å²) >= 11 is 1.51. The first-order valence-corrected chi connectivity index (χ1v) is 15.6. The quantitative estimate of drug-likeness (QED) is 0.203. The number of hydrogen-bond acceptors (Lipinski definition) is 8. The molecule has 1 aliphatic heterocycles. The van der Waals surface area contributed by atoms with E-state index in [1.807, 2.05) is 36.8 Å². The van der Waals surface area contributed by atoms with Crippen molar-refractivity contribution in [3.63, 3.8) is 0 Å². The first-order chi connectivity index (χ1) is 21.6. The molecule has 0 bridgehead atoms. The van der Waals surface area contributed by atoms with Gasteiger partial charge in [0.25, 0.3) is 0 Å². The Bertz CT molecular complexity index is 1750. The number of nitrogens with one attached hydrogen (secondary N) is 2. The van der Waals surface area contributed by atoms with E-state index in [9.17, 15) is 9.18 Å². The number of fused-ring (bicyclic) bond motifs is 1. The van der Waals surface area contributed by atoms with Gasteiger partial charge < -0.3 is 15.4 Å². The number of urea groups is 1. The number of pyridine rings is 3. The van der Waals surface area contributed by atoms with Crippen molar-refractivity contribution in [3.05, 3.63) is 96.3 Å². The van der Waals surface area contributed by atoms with E-state index >= 15 is 0 Å². The number of nitrogens with zero attached hydrogens (tertiary/aromatic N) is 5. The predicted molar refractivity (Wildman–Crippen MR) is 169 cm³/mol. The van der Waals surface area contributed by atoms with Crippen LogP contribution in [0.1, 0.15) is 24.0 Å². The van der Waals surface area contributed by atoms with E-state index in [1.54, 1.807) is 18.3 Å². The van der Waals surface area contributed by atoms with Crippen molar-refractivity contribution in [1.29, 1.82) is 0 Å². The highest BCUT2D eigenvalue weighted by Crippen LogP contribution is 2.39. The van der Waals surface area contributed by atoms with Crippen LogP contribution in [-0.4, -0.2) is 63.0 Å². The van der Waals surface area contributed by atoms with Crippen molar-refractivity contribution >= 4 is 33.3 Å². The second kappa shape index (κ2) is 12.7. The Kier molecular flexibility index (Phi) is 8.14. The molecule has 0 radical (unpaired) electrons. The first-order valence-electron chi connectivity index (χ1n) is 14.8. The number of rotatable bonds is 9. The molecule has 9 nitrogen and oxygen atoms in total. The molecular formula is C33H32FN7O2S. The first kappa shape index (κ1) is 28.3. The lowest BCUT2D eigenvalue weighted by molar-refractivity contribution is 0.122. The van der Waals surface area contributed by atoms with Gasteiger partial charge in [-0.15, -0.1) is 11.3 Å². The topological polar surface area (TPSA) is 95.5 Å². The van der Waals surface area contributed by atoms with E-state index in [0.717, 1.165) is 72.9 Å². The van der Waals surface area contributed by atoms with Gasteiger partial charge in [-0.3, -0.25) is 24.8 Å². The SMILES string of the molecule is O=C(Nc1ccc(Oc2ccnc3cc(-c4ccc(CN5CCN(Cc6cccnc6)CC5)cn4)sc23)c(F)c1)NC1CC1. The van der Waals surface area contributed by atoms with Gasteiger partial charge in [-0.1, -0.05) is 12.1 Å². The van der Waals surface area contributed by atoms with Crippen LogP contribution in [0.2, 0.25) is 0 Å². The molecule has 2 aliphatic rings. The molecule has 224 valence electrons. The minimum Gasteiger partial charge on any atom is -0.453 e. The molecule has 0 spiro atoms. The van der Waals surface area contributed by atoms with Crippen LogP contribution in [0.3, 0.4) is 0 Å². The second-order valence-electron chi connectivity index (χ2n) is 11.2. The molecule has 0 unspecified atom stereocenters. The summed E-state index contributed by atoms with van der Waals surface area (Å²) in [6.45, 7) is 5.90. The Labute approximate surface area is 258 Å². The molecule has 44 heavy (non-hydrogen) atoms. The molecule has 11 heteroatoms. The maximum atomic E-state index is 14.9. The Balaban J connectivity index is 0.977. The summed E-state index contributed by atoms with van der Waals surface area (Å²) in [6.07, 6.45) is 9.31. The number of benzene rings is 1. The standard InChI is InChI=1S/C33H32FN7O2S/c34-26-16-25(39-33(42)38-24-4-5-24)6-8-29(26)43-30-9-11-36-28-17-31(44-32(28)30)27-7-3-23(19-37-27)21-41-14-12-40(13-15-41)20-22-2-1-10-35-18-22/h1-3,6-11,16-19,24H,4-5,12-15,20-21H2,(H2,38,39,42). The van der Waals surface area contributed by atoms with Crippen molar-refractivity contribution in [3.8, 4) is 22.1 Å². The summed E-state index contributed by atoms with van der Waals surface area (Å²) in [6, 6.07) is 16.3. The van der Waals surface area contributed by atoms with Gasteiger partial charge >= 0.3 is 6.03 Å². The molecule has 1 saturated carbocycles. The highest BCUT2D eigenvalue weighted by Gasteiger charge is 2.23. The minimum atomic E-state index is -0.567. The fourth-order valence-electron chi connectivity index (χ4n) is 5.26. The van der Waals surface area contributed by atoms with Gasteiger partial charge in [0.1, 0.15) is 5.75 Å². The van der Waals surface area contributed by atoms with Gasteiger partial charge in [0.2, 0.25) is 0 Å². The fraction of sp³-hybridized carbons (Fsp3) is 0.273. The van der Waals surface area contributed by atoms with Crippen LogP contribution in [0.5, 0.6) is 11.5 Å². The third kappa shape index (κ3) is 6.85. The summed E-state index contributed by atoms with van der Waals surface area (Å²) in [7, 11) is 0. The van der Waals surface area contributed by atoms with Gasteiger partial charge in [0, 0.05) is 87.9 Å². The van der Waals surface area contributed by atoms with Gasteiger partial charge in [-0.05, 0) is 54.3 Å². The summed E-state index contributed by atoms with van der Waals surface area (Å²) in [5, 5.41) is 5.49. The largest absolute Gasteiger partial charge is 0.453 e. The Hall–Kier alpha value is -4.45. The maximum Gasteiger partial charge on any atom is 0.319 e. The average Bonchev–Trinajstić information content (AvgIpc) is 3.74. The summed E-state index contributed by atoms with van der Waals surface area (Å²) in [5.74, 6) is 0.0146. The molecule has 5 heterocycles. The number of amides is 2. The van der Waals surface area contributed by atoms with Crippen LogP contribution in [0.4, 0.5) is 14.9 Å². The zero-order valence-corrected chi connectivity index (χ0v) is 24.9. The third-order valence-corrected chi connectivity index (χ3v) is 8.94. The van der Waals surface area contributed by atoms with Crippen molar-refractivity contribution < 1.29 is 13.9 Å². The van der Waals surface area contributed by atoms with Crippen LogP contribution in [0.15, 0.2) is 79.4 Å². The molecule has 2 N–H and O–H groups in total. The van der Waals surface area contributed by atoms with Crippen molar-refractivity contribution in [2.45, 2.75) is 32.0 Å². The number of hydrogen-bond donors (Lipinski definition) is 2. The molecule has 1 aliphatic carbocycles. The van der Waals surface area contributed by atoms with Gasteiger partial charge in [-0.2, -0.15) is 0 Å². The van der Waals surface area contributed by atoms with Crippen molar-refractivity contribution in [2.24, 2.45) is 0 Å². The van der Waals surface area contributed by atoms with Crippen LogP contribution in [0, 0.1) is 5.82 Å². The summed E-state index contributed by atoms with van der Waals surface area (Å²) in [5.41, 5.74) is 4.41. The van der Waals surface area contributed by atoms with E-state index < -0.39 is 5.82 Å². The molecule has 7 rings (SSSR count). The zero-order chi connectivity index (χ0) is 29.9. The Morgan fingerprint density at radius 3 is 2.39 bits per heavy atom. The number of carbonyl (C=O) groups is 1. The number of aromatic nitrogens is 3. The highest BCUT2D eigenvalue weighted by atomic mass is 32.1. The number of piperazine rings is 1. The lowest BCUT2D eigenvalue weighted by atomic mass is 10.2. The van der Waals surface area contributed by atoms with Crippen LogP contribution < -0.4 is 15.4 Å². The fourth-order valence-corrected chi connectivity index (χ4v) is 6.30. The zero-order valence-electron chi connectivity index (χ0n) is 24.1. The average molecular weight is 610 g/mol. The molecular weight excluding hydrogens is 577 g/mol. The molecule has 2 amide bonds. The van der Waals surface area contributed by atoms with E-state index in [4.69, 9.17) is 9.72 Å². The van der Waals surface area contributed by atoms with E-state index in [0.29, 0.717) is 11.4 Å². The smallest absolute Gasteiger partial charge is 0.319 e. The Morgan fingerprint density at radius 2 is 1.70 bits per heavy atom. The van der Waals surface area contributed by atoms with Gasteiger partial charge in [-0.25, -0.2) is 9.18 Å². The van der Waals surface area contributed by atoms with E-state index in [-0.39, 0.29) is 17.8 Å². The van der Waals surface area contributed by atoms with Gasteiger partial charge in [0.05, 0.1) is 20.8 Å². The predicted octanol–water partition coefficient (Wildman–Crippen LogP) is 6.29. The Morgan fingerprint density at radius 1 is 0.909 bits per heavy atom. The van der Waals surface area contributed by atoms with Crippen molar-refractivity contribution in [1.82, 2.24) is 30.1 Å². The molecule has 1 aromatic carbocycles. The molecule has 2 fully saturated rings. The maximum absolute atomic E-state index is 14.9. The minimum absolute atomic E-state index is 0.0704. The second-order valence-corrected chi connectivity index (χ2v) is 12.3. The lowest BCUT2D eigenvalue weighted by Crippen LogP contribution is -2.45. The highest BCUT2D eigenvalue weighted by molar-refractivity contribution is 7.22. The summed E-state index contributed by atoms with van der Waals surface area (Å²) < 4.78 is 21.7. The third-order valence-electron chi connectivity index (χ3n) is 7.78. The van der Waals surface area contributed by atoms with Crippen LogP contribution in [0.25, 0.3) is 20.8 Å². The monoisotopic (exact) mass is 609 g/mol. The van der Waals surface area contributed by atoms with Crippen LogP contribution in [-0.2, 0) is 13.1 Å². The normalized spacial score (nSPS) is 15.8.